The second-order valence-electron chi connectivity index (χ2n) is 4.34. The maximum Gasteiger partial charge on any atom is 0.274 e. The van der Waals surface area contributed by atoms with Gasteiger partial charge in [0.05, 0.1) is 10.6 Å². The molecule has 0 radical (unpaired) electrons. The highest BCUT2D eigenvalue weighted by Gasteiger charge is 2.16. The first kappa shape index (κ1) is 15.7. The number of hydrogen-bond donors (Lipinski definition) is 1. The maximum absolute atomic E-state index is 12.2. The van der Waals surface area contributed by atoms with E-state index in [9.17, 15) is 14.9 Å². The van der Waals surface area contributed by atoms with Gasteiger partial charge in [-0.25, -0.2) is 0 Å². The molecule has 0 fully saturated rings. The molecule has 0 atom stereocenters. The molecule has 21 heavy (non-hydrogen) atoms. The van der Waals surface area contributed by atoms with Gasteiger partial charge in [-0.15, -0.1) is 0 Å². The number of anilines is 1. The smallest absolute Gasteiger partial charge is 0.274 e. The van der Waals surface area contributed by atoms with Crippen molar-refractivity contribution >= 4 is 49.1 Å². The van der Waals surface area contributed by atoms with Crippen LogP contribution in [0.3, 0.4) is 0 Å². The largest absolute Gasteiger partial charge is 0.321 e. The van der Waals surface area contributed by atoms with Gasteiger partial charge in [-0.1, -0.05) is 22.0 Å². The Balaban J connectivity index is 2.33. The Morgan fingerprint density at radius 1 is 1.24 bits per heavy atom. The van der Waals surface area contributed by atoms with Crippen LogP contribution >= 0.6 is 31.9 Å². The summed E-state index contributed by atoms with van der Waals surface area (Å²) in [4.78, 5) is 22.6. The van der Waals surface area contributed by atoms with Crippen molar-refractivity contribution in [1.29, 1.82) is 0 Å². The number of nitro benzene ring substituents is 1. The lowest BCUT2D eigenvalue weighted by Crippen LogP contribution is -2.12. The number of amides is 1. The Labute approximate surface area is 137 Å². The van der Waals surface area contributed by atoms with Crippen molar-refractivity contribution in [2.75, 3.05) is 5.32 Å². The van der Waals surface area contributed by atoms with Gasteiger partial charge in [0.2, 0.25) is 0 Å². The van der Waals surface area contributed by atoms with Crippen molar-refractivity contribution in [3.63, 3.8) is 0 Å². The molecule has 0 aliphatic heterocycles. The molecule has 0 saturated heterocycles. The van der Waals surface area contributed by atoms with Crippen molar-refractivity contribution in [3.05, 3.63) is 66.6 Å². The third kappa shape index (κ3) is 3.68. The molecule has 0 bridgehead atoms. The average Bonchev–Trinajstić information content (AvgIpc) is 2.41. The molecule has 2 aromatic rings. The van der Waals surface area contributed by atoms with Gasteiger partial charge in [0.15, 0.2) is 0 Å². The van der Waals surface area contributed by atoms with E-state index in [4.69, 9.17) is 0 Å². The lowest BCUT2D eigenvalue weighted by Gasteiger charge is -2.09. The molecule has 108 valence electrons. The number of nitrogens with zero attached hydrogens (tertiary/aromatic N) is 1. The van der Waals surface area contributed by atoms with E-state index >= 15 is 0 Å². The minimum atomic E-state index is -0.476. The minimum absolute atomic E-state index is 0.0391. The lowest BCUT2D eigenvalue weighted by molar-refractivity contribution is -0.385. The van der Waals surface area contributed by atoms with Crippen LogP contribution in [0.25, 0.3) is 0 Å². The molecule has 1 N–H and O–H groups in total. The quantitative estimate of drug-likeness (QED) is 0.586. The molecule has 5 nitrogen and oxygen atoms in total. The lowest BCUT2D eigenvalue weighted by atomic mass is 10.1. The summed E-state index contributed by atoms with van der Waals surface area (Å²) in [6.45, 7) is 1.64. The van der Waals surface area contributed by atoms with Gasteiger partial charge in [0, 0.05) is 26.1 Å². The molecule has 0 saturated carbocycles. The summed E-state index contributed by atoms with van der Waals surface area (Å²) in [7, 11) is 0. The SMILES string of the molecule is Cc1cc(Br)c(NC(=O)c2cccc(Br)c2)cc1[N+](=O)[O-]. The van der Waals surface area contributed by atoms with E-state index in [2.05, 4.69) is 37.2 Å². The van der Waals surface area contributed by atoms with Crippen LogP contribution in [0.1, 0.15) is 15.9 Å². The minimum Gasteiger partial charge on any atom is -0.321 e. The van der Waals surface area contributed by atoms with E-state index < -0.39 is 4.92 Å². The van der Waals surface area contributed by atoms with Crippen LogP contribution in [-0.2, 0) is 0 Å². The number of aryl methyl sites for hydroxylation is 1. The van der Waals surface area contributed by atoms with E-state index in [1.807, 2.05) is 6.07 Å². The van der Waals surface area contributed by atoms with Crippen molar-refractivity contribution in [2.24, 2.45) is 0 Å². The molecule has 1 amide bonds. The Morgan fingerprint density at radius 3 is 2.57 bits per heavy atom. The monoisotopic (exact) mass is 412 g/mol. The molecule has 2 aromatic carbocycles. The van der Waals surface area contributed by atoms with Crippen LogP contribution in [0.15, 0.2) is 45.3 Å². The standard InChI is InChI=1S/C14H10Br2N2O3/c1-8-5-11(16)12(7-13(8)18(20)21)17-14(19)9-3-2-4-10(15)6-9/h2-7H,1H3,(H,17,19). The summed E-state index contributed by atoms with van der Waals surface area (Å²) < 4.78 is 1.37. The molecule has 2 rings (SSSR count). The van der Waals surface area contributed by atoms with Crippen LogP contribution in [0.4, 0.5) is 11.4 Å². The summed E-state index contributed by atoms with van der Waals surface area (Å²) >= 11 is 6.59. The zero-order valence-electron chi connectivity index (χ0n) is 10.9. The van der Waals surface area contributed by atoms with Gasteiger partial charge >= 0.3 is 0 Å². The Morgan fingerprint density at radius 2 is 1.95 bits per heavy atom. The van der Waals surface area contributed by atoms with Crippen molar-refractivity contribution < 1.29 is 9.72 Å². The predicted octanol–water partition coefficient (Wildman–Crippen LogP) is 4.68. The van der Waals surface area contributed by atoms with Gasteiger partial charge in [-0.3, -0.25) is 14.9 Å². The highest BCUT2D eigenvalue weighted by Crippen LogP contribution is 2.31. The van der Waals surface area contributed by atoms with Crippen molar-refractivity contribution in [1.82, 2.24) is 0 Å². The van der Waals surface area contributed by atoms with Crippen LogP contribution in [-0.4, -0.2) is 10.8 Å². The van der Waals surface area contributed by atoms with Gasteiger partial charge in [0.25, 0.3) is 11.6 Å². The van der Waals surface area contributed by atoms with E-state index in [-0.39, 0.29) is 11.6 Å². The third-order valence-electron chi connectivity index (χ3n) is 2.82. The number of carbonyl (C=O) groups is 1. The maximum atomic E-state index is 12.2. The fraction of sp³-hybridized carbons (Fsp3) is 0.0714. The highest BCUT2D eigenvalue weighted by molar-refractivity contribution is 9.10. The average molecular weight is 414 g/mol. The van der Waals surface area contributed by atoms with E-state index in [0.29, 0.717) is 21.3 Å². The molecular weight excluding hydrogens is 404 g/mol. The zero-order chi connectivity index (χ0) is 15.6. The van der Waals surface area contributed by atoms with Crippen molar-refractivity contribution in [3.8, 4) is 0 Å². The van der Waals surface area contributed by atoms with Crippen LogP contribution in [0, 0.1) is 17.0 Å². The molecule has 0 aliphatic rings. The fourth-order valence-electron chi connectivity index (χ4n) is 1.78. The van der Waals surface area contributed by atoms with Gasteiger partial charge < -0.3 is 5.32 Å². The summed E-state index contributed by atoms with van der Waals surface area (Å²) in [6.07, 6.45) is 0. The number of rotatable bonds is 3. The number of carbonyl (C=O) groups excluding carboxylic acids is 1. The summed E-state index contributed by atoms with van der Waals surface area (Å²) in [5, 5.41) is 13.6. The van der Waals surface area contributed by atoms with Crippen LogP contribution < -0.4 is 5.32 Å². The van der Waals surface area contributed by atoms with E-state index in [1.54, 1.807) is 31.2 Å². The van der Waals surface area contributed by atoms with Gasteiger partial charge in [-0.05, 0) is 47.1 Å². The number of nitro groups is 1. The second-order valence-corrected chi connectivity index (χ2v) is 6.11. The first-order valence-corrected chi connectivity index (χ1v) is 7.48. The normalized spacial score (nSPS) is 10.2. The Hall–Kier alpha value is -1.73. The number of nitrogens with one attached hydrogen (secondary N) is 1. The number of hydrogen-bond acceptors (Lipinski definition) is 3. The Kier molecular flexibility index (Phi) is 4.74. The number of benzene rings is 2. The Bertz CT molecular complexity index is 732. The summed E-state index contributed by atoms with van der Waals surface area (Å²) in [5.74, 6) is -0.338. The molecular formula is C14H10Br2N2O3. The molecule has 0 aromatic heterocycles. The second kappa shape index (κ2) is 6.36. The van der Waals surface area contributed by atoms with Gasteiger partial charge in [0.1, 0.15) is 0 Å². The van der Waals surface area contributed by atoms with Crippen molar-refractivity contribution in [2.45, 2.75) is 6.92 Å². The van der Waals surface area contributed by atoms with Crippen LogP contribution in [0.5, 0.6) is 0 Å². The highest BCUT2D eigenvalue weighted by atomic mass is 79.9. The first-order valence-electron chi connectivity index (χ1n) is 5.90. The molecule has 7 heteroatoms. The predicted molar refractivity (Wildman–Crippen MR) is 87.6 cm³/mol. The fourth-order valence-corrected chi connectivity index (χ4v) is 2.73. The molecule has 0 spiro atoms. The summed E-state index contributed by atoms with van der Waals surface area (Å²) in [5.41, 5.74) is 1.30. The van der Waals surface area contributed by atoms with E-state index in [1.165, 1.54) is 6.07 Å². The molecule has 0 aliphatic carbocycles. The van der Waals surface area contributed by atoms with Gasteiger partial charge in [-0.2, -0.15) is 0 Å². The summed E-state index contributed by atoms with van der Waals surface area (Å²) in [6, 6.07) is 9.83. The molecule has 0 unspecified atom stereocenters. The first-order chi connectivity index (χ1) is 9.88. The zero-order valence-corrected chi connectivity index (χ0v) is 14.1. The molecule has 0 heterocycles. The topological polar surface area (TPSA) is 72.2 Å². The van der Waals surface area contributed by atoms with E-state index in [0.717, 1.165) is 4.47 Å². The van der Waals surface area contributed by atoms with Crippen LogP contribution in [0.2, 0.25) is 0 Å². The number of halogens is 2. The third-order valence-corrected chi connectivity index (χ3v) is 3.97.